The van der Waals surface area contributed by atoms with Gasteiger partial charge in [0, 0.05) is 27.9 Å². The molecular weight excluding hydrogens is 604 g/mol. The van der Waals surface area contributed by atoms with Crippen molar-refractivity contribution in [2.24, 2.45) is 4.99 Å². The monoisotopic (exact) mass is 644 g/mol. The van der Waals surface area contributed by atoms with Crippen molar-refractivity contribution in [2.45, 2.75) is 64.2 Å². The van der Waals surface area contributed by atoms with E-state index in [4.69, 9.17) is 18.6 Å². The van der Waals surface area contributed by atoms with Gasteiger partial charge in [0.25, 0.3) is 8.32 Å². The van der Waals surface area contributed by atoms with Crippen LogP contribution >= 0.6 is 0 Å². The number of rotatable bonds is 10. The van der Waals surface area contributed by atoms with Crippen LogP contribution in [0.3, 0.4) is 0 Å². The summed E-state index contributed by atoms with van der Waals surface area (Å²) in [5.41, 5.74) is 0.847. The lowest BCUT2D eigenvalue weighted by Crippen LogP contribution is -2.67. The van der Waals surface area contributed by atoms with E-state index in [2.05, 4.69) is 65.0 Å². The summed E-state index contributed by atoms with van der Waals surface area (Å²) >= 11 is 0. The number of fused-ring (bicyclic) bond motifs is 1. The maximum absolute atomic E-state index is 12.4. The Morgan fingerprint density at radius 2 is 1.52 bits per heavy atom. The fourth-order valence-electron chi connectivity index (χ4n) is 5.98. The molecule has 46 heavy (non-hydrogen) atoms. The lowest BCUT2D eigenvalue weighted by atomic mass is 10.1. The Morgan fingerprint density at radius 3 is 2.07 bits per heavy atom. The number of imidazole rings is 1. The first-order valence-electron chi connectivity index (χ1n) is 15.1. The van der Waals surface area contributed by atoms with Crippen LogP contribution in [0, 0.1) is 0 Å². The molecule has 1 saturated heterocycles. The first kappa shape index (κ1) is 32.9. The molecule has 5 rings (SSSR count). The van der Waals surface area contributed by atoms with Crippen molar-refractivity contribution in [3.63, 3.8) is 0 Å². The minimum Gasteiger partial charge on any atom is -0.456 e. The van der Waals surface area contributed by atoms with Gasteiger partial charge in [-0.1, -0.05) is 81.4 Å². The van der Waals surface area contributed by atoms with E-state index >= 15 is 0 Å². The van der Waals surface area contributed by atoms with Gasteiger partial charge in [0.05, 0.1) is 19.3 Å². The van der Waals surface area contributed by atoms with Gasteiger partial charge in [0.15, 0.2) is 35.4 Å². The minimum atomic E-state index is -2.99. The highest BCUT2D eigenvalue weighted by Gasteiger charge is 2.54. The van der Waals surface area contributed by atoms with E-state index < -0.39 is 44.8 Å². The molecule has 0 N–H and O–H groups in total. The Balaban J connectivity index is 1.57. The first-order chi connectivity index (χ1) is 21.9. The Kier molecular flexibility index (Phi) is 9.65. The summed E-state index contributed by atoms with van der Waals surface area (Å²) < 4.78 is 27.1. The summed E-state index contributed by atoms with van der Waals surface area (Å²) in [6.07, 6.45) is 0.795. The van der Waals surface area contributed by atoms with Crippen molar-refractivity contribution in [2.75, 3.05) is 20.7 Å². The number of aromatic nitrogens is 4. The standard InChI is InChI=1S/C33H40N6O6Si/c1-22(40)43-28-26(18-42-46(33(3,4)5,24-14-10-8-11-15-24)25-16-12-9-13-17-25)45-32(29(28)44-23(2)41)39-21-36-27-30(37-20-38(6)7)34-19-35-31(27)39/h8-17,19-21,26,28-29,32H,18H2,1-7H3/b37-20+/t26-,28-,29-,32-/m1/s1. The van der Waals surface area contributed by atoms with Crippen LogP contribution in [0.25, 0.3) is 11.2 Å². The quantitative estimate of drug-likeness (QED) is 0.110. The van der Waals surface area contributed by atoms with Gasteiger partial charge in [-0.2, -0.15) is 0 Å². The molecule has 0 amide bonds. The van der Waals surface area contributed by atoms with Crippen LogP contribution in [0.1, 0.15) is 40.8 Å². The van der Waals surface area contributed by atoms with Gasteiger partial charge in [-0.15, -0.1) is 0 Å². The molecule has 13 heteroatoms. The van der Waals surface area contributed by atoms with Crippen LogP contribution in [0.2, 0.25) is 5.04 Å². The zero-order valence-electron chi connectivity index (χ0n) is 27.2. The van der Waals surface area contributed by atoms with Crippen LogP contribution < -0.4 is 10.4 Å². The number of aliphatic imine (C=N–C) groups is 1. The van der Waals surface area contributed by atoms with E-state index in [1.165, 1.54) is 26.5 Å². The number of esters is 2. The SMILES string of the molecule is CC(=O)O[C@@H]1[C@H](OC(C)=O)[C@@H](CO[Si](c2ccccc2)(c2ccccc2)C(C)(C)C)O[C@H]1n1cnc2c(/N=C/N(C)C)ncnc21. The molecule has 0 saturated carbocycles. The lowest BCUT2D eigenvalue weighted by molar-refractivity contribution is -0.165. The number of nitrogens with zero attached hydrogens (tertiary/aromatic N) is 6. The molecule has 3 heterocycles. The van der Waals surface area contributed by atoms with Crippen LogP contribution in [-0.2, 0) is 28.2 Å². The fraction of sp³-hybridized carbons (Fsp3) is 0.394. The third-order valence-electron chi connectivity index (χ3n) is 7.80. The summed E-state index contributed by atoms with van der Waals surface area (Å²) in [6, 6.07) is 20.4. The molecule has 1 aliphatic heterocycles. The molecule has 1 aliphatic rings. The predicted molar refractivity (Wildman–Crippen MR) is 176 cm³/mol. The lowest BCUT2D eigenvalue weighted by Gasteiger charge is -2.43. The number of carbonyl (C=O) groups is 2. The average molecular weight is 645 g/mol. The summed E-state index contributed by atoms with van der Waals surface area (Å²) in [5, 5.41) is 1.87. The Labute approximate surface area is 269 Å². The van der Waals surface area contributed by atoms with Gasteiger partial charge < -0.3 is 23.5 Å². The number of ether oxygens (including phenoxy) is 3. The summed E-state index contributed by atoms with van der Waals surface area (Å²) in [7, 11) is 0.710. The predicted octanol–water partition coefficient (Wildman–Crippen LogP) is 3.39. The largest absolute Gasteiger partial charge is 0.456 e. The third kappa shape index (κ3) is 6.57. The maximum atomic E-state index is 12.4. The summed E-state index contributed by atoms with van der Waals surface area (Å²) in [5.74, 6) is -0.734. The molecule has 0 aliphatic carbocycles. The normalized spacial score (nSPS) is 20.2. The highest BCUT2D eigenvalue weighted by molar-refractivity contribution is 6.99. The molecule has 0 radical (unpaired) electrons. The second kappa shape index (κ2) is 13.5. The number of carbonyl (C=O) groups excluding carboxylic acids is 2. The molecule has 2 aromatic heterocycles. The number of hydrogen-bond donors (Lipinski definition) is 0. The summed E-state index contributed by atoms with van der Waals surface area (Å²) in [4.78, 5) is 44.3. The van der Waals surface area contributed by atoms with Crippen LogP contribution in [0.15, 0.2) is 78.3 Å². The number of benzene rings is 2. The van der Waals surface area contributed by atoms with Gasteiger partial charge in [0.1, 0.15) is 12.4 Å². The van der Waals surface area contributed by atoms with Crippen molar-refractivity contribution >= 4 is 53.9 Å². The minimum absolute atomic E-state index is 0.0550. The second-order valence-corrected chi connectivity index (χ2v) is 16.7. The van der Waals surface area contributed by atoms with Gasteiger partial charge >= 0.3 is 11.9 Å². The zero-order valence-corrected chi connectivity index (χ0v) is 28.2. The van der Waals surface area contributed by atoms with E-state index in [0.717, 1.165) is 10.4 Å². The molecule has 12 nitrogen and oxygen atoms in total. The van der Waals surface area contributed by atoms with E-state index in [9.17, 15) is 9.59 Å². The highest BCUT2D eigenvalue weighted by Crippen LogP contribution is 2.40. The molecule has 0 bridgehead atoms. The van der Waals surface area contributed by atoms with E-state index in [1.807, 2.05) is 50.5 Å². The molecule has 0 spiro atoms. The van der Waals surface area contributed by atoms with Crippen molar-refractivity contribution in [1.29, 1.82) is 0 Å². The van der Waals surface area contributed by atoms with Gasteiger partial charge in [-0.05, 0) is 15.4 Å². The van der Waals surface area contributed by atoms with E-state index in [0.29, 0.717) is 17.0 Å². The van der Waals surface area contributed by atoms with Crippen molar-refractivity contribution in [3.8, 4) is 0 Å². The van der Waals surface area contributed by atoms with Crippen molar-refractivity contribution < 1.29 is 28.2 Å². The van der Waals surface area contributed by atoms with Crippen molar-refractivity contribution in [3.05, 3.63) is 73.3 Å². The van der Waals surface area contributed by atoms with Crippen LogP contribution in [-0.4, -0.2) is 90.0 Å². The van der Waals surface area contributed by atoms with Gasteiger partial charge in [-0.25, -0.2) is 19.9 Å². The zero-order chi connectivity index (χ0) is 33.1. The van der Waals surface area contributed by atoms with Gasteiger partial charge in [-0.3, -0.25) is 14.2 Å². The molecular formula is C33H40N6O6Si. The molecule has 4 aromatic rings. The smallest absolute Gasteiger partial charge is 0.303 e. The first-order valence-corrected chi connectivity index (χ1v) is 17.0. The Bertz CT molecular complexity index is 1650. The highest BCUT2D eigenvalue weighted by atomic mass is 28.4. The van der Waals surface area contributed by atoms with E-state index in [-0.39, 0.29) is 11.6 Å². The molecule has 2 aromatic carbocycles. The van der Waals surface area contributed by atoms with Crippen molar-refractivity contribution in [1.82, 2.24) is 24.4 Å². The third-order valence-corrected chi connectivity index (χ3v) is 12.8. The maximum Gasteiger partial charge on any atom is 0.303 e. The molecule has 4 atom stereocenters. The average Bonchev–Trinajstić information content (AvgIpc) is 3.58. The fourth-order valence-corrected chi connectivity index (χ4v) is 10.5. The van der Waals surface area contributed by atoms with Crippen LogP contribution in [0.5, 0.6) is 0 Å². The topological polar surface area (TPSA) is 130 Å². The van der Waals surface area contributed by atoms with Crippen LogP contribution in [0.4, 0.5) is 5.82 Å². The van der Waals surface area contributed by atoms with E-state index in [1.54, 1.807) is 15.8 Å². The Morgan fingerprint density at radius 1 is 0.935 bits per heavy atom. The van der Waals surface area contributed by atoms with Gasteiger partial charge in [0.2, 0.25) is 0 Å². The molecule has 1 fully saturated rings. The second-order valence-electron chi connectivity index (χ2n) is 12.4. The molecule has 0 unspecified atom stereocenters. The molecule has 242 valence electrons. The number of hydrogen-bond acceptors (Lipinski definition) is 10. The summed E-state index contributed by atoms with van der Waals surface area (Å²) in [6.45, 7) is 9.20. The Hall–Kier alpha value is -4.46.